The molecule has 1 amide bonds. The predicted molar refractivity (Wildman–Crippen MR) is 68.7 cm³/mol. The molecule has 4 heteroatoms. The molecular weight excluding hydrogens is 216 g/mol. The molecule has 0 radical (unpaired) electrons. The molecule has 1 aliphatic heterocycles. The lowest BCUT2D eigenvalue weighted by molar-refractivity contribution is -0.144. The van der Waals surface area contributed by atoms with Crippen molar-refractivity contribution in [3.05, 3.63) is 0 Å². The molecule has 0 saturated carbocycles. The minimum atomic E-state index is -0.558. The summed E-state index contributed by atoms with van der Waals surface area (Å²) in [5.41, 5.74) is 5.03. The average molecular weight is 242 g/mol. The molecule has 0 aromatic heterocycles. The maximum Gasteiger partial charge on any atom is 0.230 e. The lowest BCUT2D eigenvalue weighted by atomic mass is 9.74. The van der Waals surface area contributed by atoms with Gasteiger partial charge in [-0.15, -0.1) is 0 Å². The highest BCUT2D eigenvalue weighted by Crippen LogP contribution is 2.31. The summed E-state index contributed by atoms with van der Waals surface area (Å²) in [6.07, 6.45) is 1.01. The van der Waals surface area contributed by atoms with Crippen molar-refractivity contribution in [2.75, 3.05) is 19.7 Å². The quantitative estimate of drug-likeness (QED) is 0.796. The molecule has 100 valence electrons. The molecule has 0 aromatic rings. The van der Waals surface area contributed by atoms with E-state index >= 15 is 0 Å². The van der Waals surface area contributed by atoms with Crippen molar-refractivity contribution in [3.8, 4) is 0 Å². The molecule has 1 saturated heterocycles. The molecule has 1 rings (SSSR count). The van der Waals surface area contributed by atoms with Crippen molar-refractivity contribution in [1.82, 2.24) is 4.90 Å². The van der Waals surface area contributed by atoms with Crippen LogP contribution in [0.2, 0.25) is 0 Å². The number of rotatable bonds is 2. The Hall–Kier alpha value is -0.610. The van der Waals surface area contributed by atoms with Gasteiger partial charge in [0.15, 0.2) is 0 Å². The van der Waals surface area contributed by atoms with Crippen LogP contribution >= 0.6 is 0 Å². The van der Waals surface area contributed by atoms with Gasteiger partial charge in [0.1, 0.15) is 0 Å². The second-order valence-corrected chi connectivity index (χ2v) is 6.13. The number of hydrogen-bond donors (Lipinski definition) is 1. The predicted octanol–water partition coefficient (Wildman–Crippen LogP) is 1.39. The van der Waals surface area contributed by atoms with Gasteiger partial charge in [-0.05, 0) is 41.0 Å². The summed E-state index contributed by atoms with van der Waals surface area (Å²) in [6, 6.07) is 0. The highest BCUT2D eigenvalue weighted by molar-refractivity contribution is 5.83. The second kappa shape index (κ2) is 4.94. The van der Waals surface area contributed by atoms with E-state index in [0.29, 0.717) is 6.54 Å². The van der Waals surface area contributed by atoms with E-state index in [0.717, 1.165) is 19.6 Å². The van der Waals surface area contributed by atoms with Gasteiger partial charge in [-0.25, -0.2) is 0 Å². The zero-order chi connectivity index (χ0) is 13.3. The Morgan fingerprint density at radius 1 is 1.35 bits per heavy atom. The van der Waals surface area contributed by atoms with Crippen LogP contribution in [-0.4, -0.2) is 42.1 Å². The van der Waals surface area contributed by atoms with Gasteiger partial charge in [0.05, 0.1) is 11.5 Å². The second-order valence-electron chi connectivity index (χ2n) is 6.13. The highest BCUT2D eigenvalue weighted by Gasteiger charge is 2.43. The number of carbonyl (C=O) groups is 1. The lowest BCUT2D eigenvalue weighted by Gasteiger charge is -2.40. The number of nitrogens with two attached hydrogens (primary N) is 1. The van der Waals surface area contributed by atoms with Crippen molar-refractivity contribution in [3.63, 3.8) is 0 Å². The summed E-state index contributed by atoms with van der Waals surface area (Å²) in [5.74, 6) is 0.127. The van der Waals surface area contributed by atoms with E-state index in [1.807, 2.05) is 39.5 Å². The van der Waals surface area contributed by atoms with Gasteiger partial charge < -0.3 is 15.4 Å². The Balaban J connectivity index is 2.81. The SMILES string of the molecule is CC1CN(C(=O)C(C)(C)C(C)(C)N)CCCO1. The summed E-state index contributed by atoms with van der Waals surface area (Å²) in [7, 11) is 0. The minimum absolute atomic E-state index is 0.109. The van der Waals surface area contributed by atoms with Gasteiger partial charge in [0.2, 0.25) is 5.91 Å². The molecule has 1 unspecified atom stereocenters. The Bertz CT molecular complexity index is 282. The molecule has 17 heavy (non-hydrogen) atoms. The standard InChI is InChI=1S/C13H26N2O2/c1-10-9-15(7-6-8-17-10)11(16)12(2,3)13(4,5)14/h10H,6-9,14H2,1-5H3. The third-order valence-electron chi connectivity index (χ3n) is 3.88. The zero-order valence-electron chi connectivity index (χ0n) is 11.7. The van der Waals surface area contributed by atoms with Crippen molar-refractivity contribution in [1.29, 1.82) is 0 Å². The van der Waals surface area contributed by atoms with Gasteiger partial charge >= 0.3 is 0 Å². The molecule has 1 heterocycles. The molecular formula is C13H26N2O2. The fraction of sp³-hybridized carbons (Fsp3) is 0.923. The van der Waals surface area contributed by atoms with Crippen LogP contribution in [0.15, 0.2) is 0 Å². The van der Waals surface area contributed by atoms with E-state index < -0.39 is 11.0 Å². The minimum Gasteiger partial charge on any atom is -0.377 e. The fourth-order valence-electron chi connectivity index (χ4n) is 1.85. The first-order chi connectivity index (χ1) is 7.66. The number of hydrogen-bond acceptors (Lipinski definition) is 3. The highest BCUT2D eigenvalue weighted by atomic mass is 16.5. The molecule has 1 fully saturated rings. The van der Waals surface area contributed by atoms with Crippen LogP contribution in [-0.2, 0) is 9.53 Å². The van der Waals surface area contributed by atoms with Crippen LogP contribution in [0.4, 0.5) is 0 Å². The first kappa shape index (κ1) is 14.5. The van der Waals surface area contributed by atoms with Gasteiger partial charge in [0, 0.05) is 25.2 Å². The van der Waals surface area contributed by atoms with Crippen molar-refractivity contribution in [2.24, 2.45) is 11.1 Å². The molecule has 2 N–H and O–H groups in total. The van der Waals surface area contributed by atoms with E-state index in [-0.39, 0.29) is 12.0 Å². The Morgan fingerprint density at radius 2 is 1.94 bits per heavy atom. The largest absolute Gasteiger partial charge is 0.377 e. The third-order valence-corrected chi connectivity index (χ3v) is 3.88. The molecule has 1 atom stereocenters. The van der Waals surface area contributed by atoms with Gasteiger partial charge in [0.25, 0.3) is 0 Å². The van der Waals surface area contributed by atoms with Crippen LogP contribution in [0.1, 0.15) is 41.0 Å². The number of amides is 1. The lowest BCUT2D eigenvalue weighted by Crippen LogP contribution is -2.57. The van der Waals surface area contributed by atoms with Crippen molar-refractivity contribution in [2.45, 2.75) is 52.7 Å². The van der Waals surface area contributed by atoms with Crippen LogP contribution in [0.25, 0.3) is 0 Å². The van der Waals surface area contributed by atoms with Gasteiger partial charge in [-0.3, -0.25) is 4.79 Å². The summed E-state index contributed by atoms with van der Waals surface area (Å²) in [4.78, 5) is 14.5. The van der Waals surface area contributed by atoms with Crippen LogP contribution in [0.3, 0.4) is 0 Å². The Morgan fingerprint density at radius 3 is 2.47 bits per heavy atom. The summed E-state index contributed by atoms with van der Waals surface area (Å²) >= 11 is 0. The van der Waals surface area contributed by atoms with Gasteiger partial charge in [-0.2, -0.15) is 0 Å². The molecule has 0 aromatic carbocycles. The van der Waals surface area contributed by atoms with Crippen LogP contribution < -0.4 is 5.73 Å². The Labute approximate surface area is 104 Å². The van der Waals surface area contributed by atoms with Gasteiger partial charge in [-0.1, -0.05) is 0 Å². The number of carbonyl (C=O) groups excluding carboxylic acids is 1. The molecule has 1 aliphatic rings. The monoisotopic (exact) mass is 242 g/mol. The maximum absolute atomic E-state index is 12.6. The van der Waals surface area contributed by atoms with E-state index in [2.05, 4.69) is 0 Å². The Kier molecular flexibility index (Phi) is 4.20. The van der Waals surface area contributed by atoms with Crippen LogP contribution in [0, 0.1) is 5.41 Å². The molecule has 0 aliphatic carbocycles. The van der Waals surface area contributed by atoms with E-state index in [9.17, 15) is 4.79 Å². The van der Waals surface area contributed by atoms with Crippen molar-refractivity contribution >= 4 is 5.91 Å². The molecule has 0 spiro atoms. The summed E-state index contributed by atoms with van der Waals surface area (Å²) in [6.45, 7) is 11.8. The zero-order valence-corrected chi connectivity index (χ0v) is 11.7. The average Bonchev–Trinajstić information content (AvgIpc) is 2.39. The van der Waals surface area contributed by atoms with E-state index in [1.54, 1.807) is 0 Å². The van der Waals surface area contributed by atoms with E-state index in [4.69, 9.17) is 10.5 Å². The fourth-order valence-corrected chi connectivity index (χ4v) is 1.85. The smallest absolute Gasteiger partial charge is 0.230 e. The topological polar surface area (TPSA) is 55.6 Å². The first-order valence-corrected chi connectivity index (χ1v) is 6.36. The summed E-state index contributed by atoms with van der Waals surface area (Å²) in [5, 5.41) is 0. The summed E-state index contributed by atoms with van der Waals surface area (Å²) < 4.78 is 5.56. The van der Waals surface area contributed by atoms with E-state index in [1.165, 1.54) is 0 Å². The third kappa shape index (κ3) is 3.19. The number of ether oxygens (including phenoxy) is 1. The molecule has 0 bridgehead atoms. The number of nitrogens with zero attached hydrogens (tertiary/aromatic N) is 1. The maximum atomic E-state index is 12.6. The first-order valence-electron chi connectivity index (χ1n) is 6.36. The molecule has 4 nitrogen and oxygen atoms in total. The van der Waals surface area contributed by atoms with Crippen molar-refractivity contribution < 1.29 is 9.53 Å². The van der Waals surface area contributed by atoms with Crippen LogP contribution in [0.5, 0.6) is 0 Å². The normalized spacial score (nSPS) is 23.4.